The summed E-state index contributed by atoms with van der Waals surface area (Å²) in [4.78, 5) is 7.36. The maximum absolute atomic E-state index is 4.69. The summed E-state index contributed by atoms with van der Waals surface area (Å²) in [6.07, 6.45) is 1.88. The molecule has 0 saturated heterocycles. The Morgan fingerprint density at radius 1 is 0.488 bits per heavy atom. The minimum absolute atomic E-state index is 0.168. The second-order valence-electron chi connectivity index (χ2n) is 12.4. The average molecular weight is 568 g/mol. The SMILES string of the molecule is CC1(C)c2ccccc2C2(c3ccccc3Sc3ccccc32)c2ccc(-c3ccc4c(ccc5cccnc54)c3)cc21. The molecule has 7 aromatic rings. The van der Waals surface area contributed by atoms with Gasteiger partial charge in [-0.25, -0.2) is 0 Å². The van der Waals surface area contributed by atoms with Crippen LogP contribution in [0, 0.1) is 0 Å². The predicted octanol–water partition coefficient (Wildman–Crippen LogP) is 10.5. The molecule has 0 radical (unpaired) electrons. The van der Waals surface area contributed by atoms with Crippen LogP contribution >= 0.6 is 11.8 Å². The maximum Gasteiger partial charge on any atom is 0.0780 e. The van der Waals surface area contributed by atoms with Crippen molar-refractivity contribution in [3.63, 3.8) is 0 Å². The molecular weight excluding hydrogens is 539 g/mol. The quantitative estimate of drug-likeness (QED) is 0.183. The Bertz CT molecular complexity index is 2210. The lowest BCUT2D eigenvalue weighted by atomic mass is 9.54. The van der Waals surface area contributed by atoms with Crippen molar-refractivity contribution in [1.29, 1.82) is 0 Å². The Morgan fingerprint density at radius 3 is 1.86 bits per heavy atom. The summed E-state index contributed by atoms with van der Waals surface area (Å²) in [6, 6.07) is 49.8. The van der Waals surface area contributed by atoms with Gasteiger partial charge in [0.15, 0.2) is 0 Å². The summed E-state index contributed by atoms with van der Waals surface area (Å²) >= 11 is 1.90. The van der Waals surface area contributed by atoms with Gasteiger partial charge in [0.05, 0.1) is 10.9 Å². The van der Waals surface area contributed by atoms with E-state index in [-0.39, 0.29) is 10.8 Å². The van der Waals surface area contributed by atoms with Crippen LogP contribution in [0.25, 0.3) is 32.8 Å². The third-order valence-corrected chi connectivity index (χ3v) is 11.0. The van der Waals surface area contributed by atoms with Crippen molar-refractivity contribution in [2.75, 3.05) is 0 Å². The lowest BCUT2D eigenvalue weighted by Gasteiger charge is -2.50. The van der Waals surface area contributed by atoms with Crippen molar-refractivity contribution in [3.8, 4) is 11.1 Å². The monoisotopic (exact) mass is 567 g/mol. The number of nitrogens with zero attached hydrogens (tertiary/aromatic N) is 1. The molecule has 0 atom stereocenters. The highest BCUT2D eigenvalue weighted by atomic mass is 32.2. The maximum atomic E-state index is 4.69. The minimum Gasteiger partial charge on any atom is -0.256 e. The first kappa shape index (κ1) is 24.9. The van der Waals surface area contributed by atoms with Crippen molar-refractivity contribution in [1.82, 2.24) is 4.98 Å². The molecule has 0 unspecified atom stereocenters. The van der Waals surface area contributed by atoms with E-state index >= 15 is 0 Å². The number of rotatable bonds is 1. The molecule has 1 aliphatic carbocycles. The Morgan fingerprint density at radius 2 is 1.09 bits per heavy atom. The van der Waals surface area contributed by atoms with Gasteiger partial charge >= 0.3 is 0 Å². The van der Waals surface area contributed by atoms with Crippen molar-refractivity contribution in [2.24, 2.45) is 0 Å². The Hall–Kier alpha value is -4.66. The molecule has 0 amide bonds. The van der Waals surface area contributed by atoms with Crippen LogP contribution in [0.5, 0.6) is 0 Å². The molecule has 0 fully saturated rings. The van der Waals surface area contributed by atoms with E-state index in [4.69, 9.17) is 4.98 Å². The lowest BCUT2D eigenvalue weighted by Crippen LogP contribution is -2.43. The van der Waals surface area contributed by atoms with Crippen LogP contribution in [0.2, 0.25) is 0 Å². The minimum atomic E-state index is -0.383. The third-order valence-electron chi connectivity index (χ3n) is 9.82. The molecule has 0 bridgehead atoms. The van der Waals surface area contributed by atoms with E-state index < -0.39 is 0 Å². The normalized spacial score (nSPS) is 15.5. The van der Waals surface area contributed by atoms with E-state index in [0.717, 1.165) is 5.52 Å². The number of benzene rings is 6. The summed E-state index contributed by atoms with van der Waals surface area (Å²) in [5.74, 6) is 0. The van der Waals surface area contributed by atoms with Gasteiger partial charge in [0.1, 0.15) is 0 Å². The van der Waals surface area contributed by atoms with Crippen LogP contribution in [0.15, 0.2) is 149 Å². The molecule has 1 aliphatic heterocycles. The number of fused-ring (bicyclic) bond motifs is 11. The summed E-state index contributed by atoms with van der Waals surface area (Å²) in [5.41, 5.74) is 11.3. The number of aromatic nitrogens is 1. The molecule has 43 heavy (non-hydrogen) atoms. The largest absolute Gasteiger partial charge is 0.256 e. The highest BCUT2D eigenvalue weighted by Gasteiger charge is 2.52. The van der Waals surface area contributed by atoms with Crippen LogP contribution in [0.3, 0.4) is 0 Å². The van der Waals surface area contributed by atoms with Gasteiger partial charge < -0.3 is 0 Å². The summed E-state index contributed by atoms with van der Waals surface area (Å²) in [5, 5.41) is 3.59. The van der Waals surface area contributed by atoms with Crippen LogP contribution in [-0.4, -0.2) is 4.98 Å². The van der Waals surface area contributed by atoms with Crippen LogP contribution in [0.1, 0.15) is 47.2 Å². The predicted molar refractivity (Wildman–Crippen MR) is 179 cm³/mol. The molecular formula is C41H29NS. The molecule has 6 aromatic carbocycles. The first-order chi connectivity index (χ1) is 21.1. The highest BCUT2D eigenvalue weighted by Crippen LogP contribution is 2.61. The van der Waals surface area contributed by atoms with Gasteiger partial charge in [-0.15, -0.1) is 0 Å². The van der Waals surface area contributed by atoms with E-state index in [2.05, 4.69) is 141 Å². The van der Waals surface area contributed by atoms with Gasteiger partial charge in [0.2, 0.25) is 0 Å². The van der Waals surface area contributed by atoms with Gasteiger partial charge in [-0.3, -0.25) is 4.98 Å². The van der Waals surface area contributed by atoms with Gasteiger partial charge in [-0.2, -0.15) is 0 Å². The second-order valence-corrected chi connectivity index (χ2v) is 13.4. The standard InChI is InChI=1S/C41H29NS/c1-40(2)31-11-3-4-12-32(31)41(34-13-5-7-15-37(34)43-38-16-8-6-14-35(38)41)33-22-20-28(25-36(33)40)27-19-21-30-29(24-27)18-17-26-10-9-23-42-39(26)30/h3-25H,1-2H3. The zero-order valence-corrected chi connectivity index (χ0v) is 25.0. The number of hydrogen-bond donors (Lipinski definition) is 0. The van der Waals surface area contributed by atoms with Gasteiger partial charge in [0.25, 0.3) is 0 Å². The number of pyridine rings is 1. The molecule has 0 N–H and O–H groups in total. The average Bonchev–Trinajstić information content (AvgIpc) is 3.06. The van der Waals surface area contributed by atoms with E-state index in [1.165, 1.54) is 70.5 Å². The fourth-order valence-electron chi connectivity index (χ4n) is 7.84. The molecule has 1 spiro atoms. The fraction of sp³-hybridized carbons (Fsp3) is 0.0976. The molecule has 9 rings (SSSR count). The molecule has 2 heteroatoms. The lowest BCUT2D eigenvalue weighted by molar-refractivity contribution is 0.549. The zero-order chi connectivity index (χ0) is 28.8. The first-order valence-electron chi connectivity index (χ1n) is 15.0. The zero-order valence-electron chi connectivity index (χ0n) is 24.1. The van der Waals surface area contributed by atoms with Crippen molar-refractivity contribution in [3.05, 3.63) is 173 Å². The van der Waals surface area contributed by atoms with E-state index in [0.29, 0.717) is 0 Å². The molecule has 2 aliphatic rings. The van der Waals surface area contributed by atoms with Gasteiger partial charge in [-0.1, -0.05) is 129 Å². The first-order valence-corrected chi connectivity index (χ1v) is 15.8. The summed E-state index contributed by atoms with van der Waals surface area (Å²) in [7, 11) is 0. The summed E-state index contributed by atoms with van der Waals surface area (Å²) < 4.78 is 0. The van der Waals surface area contributed by atoms with E-state index in [1.807, 2.05) is 24.0 Å². The van der Waals surface area contributed by atoms with Gasteiger partial charge in [0, 0.05) is 32.2 Å². The molecule has 2 heterocycles. The van der Waals surface area contributed by atoms with E-state index in [9.17, 15) is 0 Å². The smallest absolute Gasteiger partial charge is 0.0780 e. The summed E-state index contributed by atoms with van der Waals surface area (Å²) in [6.45, 7) is 4.80. The Balaban J connectivity index is 1.34. The molecule has 0 saturated carbocycles. The van der Waals surface area contributed by atoms with Crippen molar-refractivity contribution in [2.45, 2.75) is 34.5 Å². The molecule has 1 aromatic heterocycles. The fourth-order valence-corrected chi connectivity index (χ4v) is 9.03. The molecule has 204 valence electrons. The highest BCUT2D eigenvalue weighted by molar-refractivity contribution is 7.99. The van der Waals surface area contributed by atoms with Crippen LogP contribution < -0.4 is 0 Å². The Labute approximate surface area is 256 Å². The molecule has 1 nitrogen and oxygen atoms in total. The van der Waals surface area contributed by atoms with E-state index in [1.54, 1.807) is 0 Å². The van der Waals surface area contributed by atoms with Crippen molar-refractivity contribution >= 4 is 33.4 Å². The van der Waals surface area contributed by atoms with Crippen molar-refractivity contribution < 1.29 is 0 Å². The number of hydrogen-bond acceptors (Lipinski definition) is 2. The van der Waals surface area contributed by atoms with Gasteiger partial charge in [-0.05, 0) is 80.2 Å². The van der Waals surface area contributed by atoms with Crippen LogP contribution in [-0.2, 0) is 10.8 Å². The third kappa shape index (κ3) is 3.33. The topological polar surface area (TPSA) is 12.9 Å². The second kappa shape index (κ2) is 8.92. The van der Waals surface area contributed by atoms with Crippen LogP contribution in [0.4, 0.5) is 0 Å². The Kier molecular flexibility index (Phi) is 5.17.